The van der Waals surface area contributed by atoms with Crippen LogP contribution in [-0.2, 0) is 6.54 Å². The van der Waals surface area contributed by atoms with Gasteiger partial charge in [0.15, 0.2) is 0 Å². The van der Waals surface area contributed by atoms with Crippen molar-refractivity contribution < 1.29 is 4.74 Å². The van der Waals surface area contributed by atoms with Crippen LogP contribution >= 0.6 is 0 Å². The molecule has 1 aliphatic rings. The second-order valence-corrected chi connectivity index (χ2v) is 4.80. The summed E-state index contributed by atoms with van der Waals surface area (Å²) in [5.74, 6) is 1.00. The summed E-state index contributed by atoms with van der Waals surface area (Å²) in [5, 5.41) is 0. The maximum atomic E-state index is 5.40. The number of ether oxygens (including phenoxy) is 1. The second-order valence-electron chi connectivity index (χ2n) is 4.80. The van der Waals surface area contributed by atoms with Crippen molar-refractivity contribution in [2.45, 2.75) is 13.5 Å². The molecule has 1 aliphatic heterocycles. The third kappa shape index (κ3) is 3.47. The quantitative estimate of drug-likeness (QED) is 0.792. The van der Waals surface area contributed by atoms with Crippen molar-refractivity contribution >= 4 is 0 Å². The Labute approximate surface area is 110 Å². The number of benzene rings is 1. The van der Waals surface area contributed by atoms with Gasteiger partial charge in [-0.2, -0.15) is 0 Å². The molecule has 0 atom stereocenters. The van der Waals surface area contributed by atoms with E-state index in [1.165, 1.54) is 18.7 Å². The normalized spacial score (nSPS) is 17.9. The van der Waals surface area contributed by atoms with E-state index in [2.05, 4.69) is 35.3 Å². The fraction of sp³-hybridized carbons (Fsp3) is 0.533. The van der Waals surface area contributed by atoms with Gasteiger partial charge in [-0.3, -0.25) is 4.90 Å². The molecule has 0 amide bonds. The van der Waals surface area contributed by atoms with Gasteiger partial charge in [-0.25, -0.2) is 0 Å². The first kappa shape index (κ1) is 13.4. The van der Waals surface area contributed by atoms with Crippen molar-refractivity contribution in [2.24, 2.45) is 0 Å². The van der Waals surface area contributed by atoms with Crippen LogP contribution in [0.2, 0.25) is 0 Å². The molecule has 18 heavy (non-hydrogen) atoms. The topological polar surface area (TPSA) is 15.7 Å². The van der Waals surface area contributed by atoms with Crippen LogP contribution in [0.15, 0.2) is 24.3 Å². The van der Waals surface area contributed by atoms with E-state index in [1.54, 1.807) is 7.11 Å². The molecule has 0 spiro atoms. The molecule has 0 saturated carbocycles. The Morgan fingerprint density at radius 2 is 1.78 bits per heavy atom. The fourth-order valence-corrected chi connectivity index (χ4v) is 2.46. The van der Waals surface area contributed by atoms with E-state index < -0.39 is 0 Å². The highest BCUT2D eigenvalue weighted by atomic mass is 16.5. The molecule has 3 heteroatoms. The molecule has 0 unspecified atom stereocenters. The fourth-order valence-electron chi connectivity index (χ4n) is 2.46. The molecule has 0 bridgehead atoms. The van der Waals surface area contributed by atoms with Crippen molar-refractivity contribution in [1.29, 1.82) is 0 Å². The van der Waals surface area contributed by atoms with Gasteiger partial charge in [0.05, 0.1) is 7.11 Å². The van der Waals surface area contributed by atoms with Crippen LogP contribution in [0.3, 0.4) is 0 Å². The van der Waals surface area contributed by atoms with E-state index in [4.69, 9.17) is 4.74 Å². The van der Waals surface area contributed by atoms with Gasteiger partial charge in [0.25, 0.3) is 0 Å². The first-order valence-corrected chi connectivity index (χ1v) is 6.68. The minimum absolute atomic E-state index is 0.994. The van der Waals surface area contributed by atoms with Gasteiger partial charge in [0, 0.05) is 44.8 Å². The minimum Gasteiger partial charge on any atom is -0.496 e. The Kier molecular flexibility index (Phi) is 5.02. The number of piperazine rings is 1. The highest BCUT2D eigenvalue weighted by Gasteiger charge is 2.17. The van der Waals surface area contributed by atoms with E-state index in [9.17, 15) is 0 Å². The Hall–Kier alpha value is -1.06. The average molecular weight is 247 g/mol. The van der Waals surface area contributed by atoms with E-state index >= 15 is 0 Å². The lowest BCUT2D eigenvalue weighted by Crippen LogP contribution is -2.46. The van der Waals surface area contributed by atoms with Gasteiger partial charge in [-0.15, -0.1) is 0 Å². The zero-order valence-corrected chi connectivity index (χ0v) is 11.4. The largest absolute Gasteiger partial charge is 0.496 e. The summed E-state index contributed by atoms with van der Waals surface area (Å²) in [4.78, 5) is 5.00. The lowest BCUT2D eigenvalue weighted by molar-refractivity contribution is 0.133. The van der Waals surface area contributed by atoms with Crippen LogP contribution in [0.25, 0.3) is 0 Å². The number of hydrogen-bond acceptors (Lipinski definition) is 3. The Morgan fingerprint density at radius 3 is 2.44 bits per heavy atom. The standard InChI is InChI=1S/C15H23N2O/c1-3-8-16-9-11-17(12-10-16)13-14-6-4-5-7-15(14)18-2/h3-7H,8-13H2,1-2H3. The van der Waals surface area contributed by atoms with Gasteiger partial charge < -0.3 is 9.64 Å². The highest BCUT2D eigenvalue weighted by molar-refractivity contribution is 5.33. The molecule has 0 aliphatic carbocycles. The van der Waals surface area contributed by atoms with Gasteiger partial charge in [-0.1, -0.05) is 25.1 Å². The highest BCUT2D eigenvalue weighted by Crippen LogP contribution is 2.19. The van der Waals surface area contributed by atoms with E-state index in [1.807, 2.05) is 12.1 Å². The molecular weight excluding hydrogens is 224 g/mol. The summed E-state index contributed by atoms with van der Waals surface area (Å²) in [5.41, 5.74) is 1.29. The van der Waals surface area contributed by atoms with Crippen molar-refractivity contribution in [1.82, 2.24) is 9.80 Å². The predicted molar refractivity (Wildman–Crippen MR) is 74.7 cm³/mol. The summed E-state index contributed by atoms with van der Waals surface area (Å²) in [6, 6.07) is 8.31. The first-order valence-electron chi connectivity index (χ1n) is 6.68. The molecule has 2 rings (SSSR count). The van der Waals surface area contributed by atoms with Gasteiger partial charge in [-0.05, 0) is 12.5 Å². The lowest BCUT2D eigenvalue weighted by atomic mass is 10.1. The van der Waals surface area contributed by atoms with Crippen LogP contribution in [0.5, 0.6) is 5.75 Å². The predicted octanol–water partition coefficient (Wildman–Crippen LogP) is 2.04. The third-order valence-electron chi connectivity index (χ3n) is 3.49. The minimum atomic E-state index is 0.994. The van der Waals surface area contributed by atoms with E-state index in [0.29, 0.717) is 0 Å². The van der Waals surface area contributed by atoms with Gasteiger partial charge in [0.2, 0.25) is 0 Å². The zero-order valence-electron chi connectivity index (χ0n) is 11.4. The maximum absolute atomic E-state index is 5.40. The summed E-state index contributed by atoms with van der Waals surface area (Å²) in [6.07, 6.45) is 2.23. The maximum Gasteiger partial charge on any atom is 0.123 e. The second kappa shape index (κ2) is 6.76. The van der Waals surface area contributed by atoms with E-state index in [-0.39, 0.29) is 0 Å². The van der Waals surface area contributed by atoms with Crippen LogP contribution in [0.4, 0.5) is 0 Å². The van der Waals surface area contributed by atoms with Gasteiger partial charge in [0.1, 0.15) is 5.75 Å². The molecule has 1 fully saturated rings. The molecule has 1 saturated heterocycles. The third-order valence-corrected chi connectivity index (χ3v) is 3.49. The number of rotatable bonds is 5. The SMILES string of the molecule is C[CH]CN1CCN(Cc2ccccc2OC)CC1. The summed E-state index contributed by atoms with van der Waals surface area (Å²) < 4.78 is 5.40. The smallest absolute Gasteiger partial charge is 0.123 e. The summed E-state index contributed by atoms with van der Waals surface area (Å²) in [7, 11) is 1.74. The molecule has 99 valence electrons. The lowest BCUT2D eigenvalue weighted by Gasteiger charge is -2.34. The van der Waals surface area contributed by atoms with Crippen LogP contribution in [0.1, 0.15) is 12.5 Å². The first-order chi connectivity index (χ1) is 8.83. The summed E-state index contributed by atoms with van der Waals surface area (Å²) >= 11 is 0. The molecule has 1 aromatic carbocycles. The number of methoxy groups -OCH3 is 1. The molecule has 1 aromatic rings. The molecule has 0 aromatic heterocycles. The van der Waals surface area contributed by atoms with Crippen LogP contribution in [0, 0.1) is 6.42 Å². The summed E-state index contributed by atoms with van der Waals surface area (Å²) in [6.45, 7) is 8.86. The molecule has 1 radical (unpaired) electrons. The number of nitrogens with zero attached hydrogens (tertiary/aromatic N) is 2. The van der Waals surface area contributed by atoms with Crippen LogP contribution in [-0.4, -0.2) is 49.6 Å². The van der Waals surface area contributed by atoms with Gasteiger partial charge >= 0.3 is 0 Å². The number of para-hydroxylation sites is 1. The van der Waals surface area contributed by atoms with E-state index in [0.717, 1.165) is 31.9 Å². The van der Waals surface area contributed by atoms with Crippen molar-refractivity contribution in [3.8, 4) is 5.75 Å². The Balaban J connectivity index is 1.87. The van der Waals surface area contributed by atoms with Crippen molar-refractivity contribution in [3.63, 3.8) is 0 Å². The number of hydrogen-bond donors (Lipinski definition) is 0. The van der Waals surface area contributed by atoms with Crippen LogP contribution < -0.4 is 4.74 Å². The Morgan fingerprint density at radius 1 is 1.11 bits per heavy atom. The van der Waals surface area contributed by atoms with Crippen molar-refractivity contribution in [3.05, 3.63) is 36.2 Å². The zero-order chi connectivity index (χ0) is 12.8. The molecule has 3 nitrogen and oxygen atoms in total. The van der Waals surface area contributed by atoms with Crippen molar-refractivity contribution in [2.75, 3.05) is 39.8 Å². The molecular formula is C15H23N2O. The molecule has 0 N–H and O–H groups in total. The average Bonchev–Trinajstić information content (AvgIpc) is 2.42. The Bertz CT molecular complexity index is 359. The monoisotopic (exact) mass is 247 g/mol. The molecule has 1 heterocycles.